The molecule has 9 nitrogen and oxygen atoms in total. The Morgan fingerprint density at radius 1 is 1.03 bits per heavy atom. The van der Waals surface area contributed by atoms with Crippen LogP contribution in [0.15, 0.2) is 58.3 Å². The van der Waals surface area contributed by atoms with Gasteiger partial charge in [0.25, 0.3) is 0 Å². The third-order valence-corrected chi connectivity index (χ3v) is 9.84. The highest BCUT2D eigenvalue weighted by Gasteiger charge is 2.27. The average molecular weight is 538 g/mol. The number of thiophene rings is 1. The molecule has 1 aliphatic carbocycles. The number of nitrogens with one attached hydrogen (secondary N) is 2. The van der Waals surface area contributed by atoms with Gasteiger partial charge in [-0.2, -0.15) is 15.6 Å². The standard InChI is InChI=1S/C26H31N7O2S2/c27-19-3-5-21(6-4-19)30-25-15-23(26-28-16-24(33(26)31-25)18-11-14-36-17-18)29-20-7-9-22(10-8-20)37(34,35)32-12-1-2-13-32/h7-11,14-17,19,21,29H,1-6,12-13,27H2,(H,30,31). The topological polar surface area (TPSA) is 118 Å². The van der Waals surface area contributed by atoms with E-state index in [-0.39, 0.29) is 6.04 Å². The van der Waals surface area contributed by atoms with E-state index in [1.165, 1.54) is 0 Å². The molecule has 1 aromatic carbocycles. The second-order valence-electron chi connectivity index (χ2n) is 9.85. The molecule has 2 aliphatic rings. The average Bonchev–Trinajstić information content (AvgIpc) is 3.67. The van der Waals surface area contributed by atoms with Crippen molar-refractivity contribution in [2.24, 2.45) is 5.73 Å². The minimum atomic E-state index is -3.45. The Hall–Kier alpha value is -2.99. The largest absolute Gasteiger partial charge is 0.366 e. The molecule has 3 aromatic heterocycles. The number of hydrogen-bond donors (Lipinski definition) is 3. The lowest BCUT2D eigenvalue weighted by atomic mass is 9.92. The number of aromatic nitrogens is 3. The normalized spacial score (nSPS) is 20.9. The number of anilines is 3. The van der Waals surface area contributed by atoms with Crippen LogP contribution >= 0.6 is 11.3 Å². The van der Waals surface area contributed by atoms with E-state index < -0.39 is 10.0 Å². The van der Waals surface area contributed by atoms with Crippen LogP contribution in [0.1, 0.15) is 38.5 Å². The summed E-state index contributed by atoms with van der Waals surface area (Å²) in [6.45, 7) is 1.18. The van der Waals surface area contributed by atoms with E-state index in [9.17, 15) is 8.42 Å². The first-order valence-corrected chi connectivity index (χ1v) is 15.2. The Balaban J connectivity index is 1.32. The highest BCUT2D eigenvalue weighted by atomic mass is 32.2. The predicted octanol–water partition coefficient (Wildman–Crippen LogP) is 4.67. The zero-order valence-corrected chi connectivity index (χ0v) is 22.1. The van der Waals surface area contributed by atoms with Gasteiger partial charge in [0, 0.05) is 47.9 Å². The van der Waals surface area contributed by atoms with Gasteiger partial charge < -0.3 is 16.4 Å². The first-order valence-electron chi connectivity index (χ1n) is 12.8. The smallest absolute Gasteiger partial charge is 0.243 e. The molecule has 2 fully saturated rings. The first kappa shape index (κ1) is 24.4. The monoisotopic (exact) mass is 537 g/mol. The van der Waals surface area contributed by atoms with Crippen molar-refractivity contribution < 1.29 is 8.42 Å². The fourth-order valence-corrected chi connectivity index (χ4v) is 7.32. The van der Waals surface area contributed by atoms with Gasteiger partial charge in [-0.05, 0) is 74.2 Å². The fraction of sp³-hybridized carbons (Fsp3) is 0.385. The minimum Gasteiger partial charge on any atom is -0.366 e. The molecule has 0 spiro atoms. The van der Waals surface area contributed by atoms with Crippen molar-refractivity contribution in [3.63, 3.8) is 0 Å². The highest BCUT2D eigenvalue weighted by molar-refractivity contribution is 7.89. The summed E-state index contributed by atoms with van der Waals surface area (Å²) in [4.78, 5) is 4.99. The first-order chi connectivity index (χ1) is 18.0. The third-order valence-electron chi connectivity index (χ3n) is 7.24. The highest BCUT2D eigenvalue weighted by Crippen LogP contribution is 2.31. The molecular formula is C26H31N7O2S2. The summed E-state index contributed by atoms with van der Waals surface area (Å²) in [5.74, 6) is 0.762. The third kappa shape index (κ3) is 4.96. The van der Waals surface area contributed by atoms with Crippen molar-refractivity contribution in [2.75, 3.05) is 23.7 Å². The molecule has 0 bridgehead atoms. The lowest BCUT2D eigenvalue weighted by Crippen LogP contribution is -2.33. The van der Waals surface area contributed by atoms with Gasteiger partial charge in [-0.1, -0.05) is 0 Å². The van der Waals surface area contributed by atoms with E-state index in [4.69, 9.17) is 10.8 Å². The van der Waals surface area contributed by atoms with Crippen LogP contribution in [0.4, 0.5) is 17.2 Å². The Morgan fingerprint density at radius 3 is 2.49 bits per heavy atom. The summed E-state index contributed by atoms with van der Waals surface area (Å²) >= 11 is 1.63. The van der Waals surface area contributed by atoms with Crippen LogP contribution in [0, 0.1) is 0 Å². The van der Waals surface area contributed by atoms with Gasteiger partial charge in [0.15, 0.2) is 5.65 Å². The van der Waals surface area contributed by atoms with Crippen LogP contribution in [-0.2, 0) is 10.0 Å². The molecule has 0 atom stereocenters. The zero-order chi connectivity index (χ0) is 25.4. The molecule has 4 N–H and O–H groups in total. The Labute approximate surface area is 220 Å². The number of benzene rings is 1. The van der Waals surface area contributed by atoms with Crippen molar-refractivity contribution >= 4 is 44.2 Å². The predicted molar refractivity (Wildman–Crippen MR) is 148 cm³/mol. The summed E-state index contributed by atoms with van der Waals surface area (Å²) < 4.78 is 29.3. The summed E-state index contributed by atoms with van der Waals surface area (Å²) in [6.07, 6.45) is 7.70. The molecule has 1 aliphatic heterocycles. The van der Waals surface area contributed by atoms with Crippen molar-refractivity contribution in [3.8, 4) is 11.3 Å². The Kier molecular flexibility index (Phi) is 6.62. The molecule has 0 unspecified atom stereocenters. The van der Waals surface area contributed by atoms with Crippen LogP contribution in [0.5, 0.6) is 0 Å². The van der Waals surface area contributed by atoms with Gasteiger partial charge in [-0.15, -0.1) is 5.10 Å². The molecule has 194 valence electrons. The molecule has 11 heteroatoms. The van der Waals surface area contributed by atoms with E-state index in [0.29, 0.717) is 29.7 Å². The van der Waals surface area contributed by atoms with Gasteiger partial charge in [0.1, 0.15) is 5.82 Å². The number of sulfonamides is 1. The van der Waals surface area contributed by atoms with Crippen molar-refractivity contribution in [1.29, 1.82) is 0 Å². The number of imidazole rings is 1. The van der Waals surface area contributed by atoms with Gasteiger partial charge in [0.05, 0.1) is 22.5 Å². The Bertz CT molecular complexity index is 1470. The zero-order valence-electron chi connectivity index (χ0n) is 20.5. The molecule has 6 rings (SSSR count). The van der Waals surface area contributed by atoms with E-state index in [1.807, 2.05) is 22.2 Å². The number of nitrogens with two attached hydrogens (primary N) is 1. The molecule has 4 aromatic rings. The van der Waals surface area contributed by atoms with Gasteiger partial charge in [0.2, 0.25) is 10.0 Å². The summed E-state index contributed by atoms with van der Waals surface area (Å²) in [5.41, 5.74) is 10.4. The van der Waals surface area contributed by atoms with Crippen LogP contribution in [0.2, 0.25) is 0 Å². The lowest BCUT2D eigenvalue weighted by molar-refractivity contribution is 0.410. The maximum absolute atomic E-state index is 12.9. The van der Waals surface area contributed by atoms with Crippen molar-refractivity contribution in [2.45, 2.75) is 55.5 Å². The van der Waals surface area contributed by atoms with Gasteiger partial charge >= 0.3 is 0 Å². The Morgan fingerprint density at radius 2 is 1.78 bits per heavy atom. The van der Waals surface area contributed by atoms with Crippen LogP contribution in [-0.4, -0.2) is 52.5 Å². The van der Waals surface area contributed by atoms with Crippen LogP contribution in [0.3, 0.4) is 0 Å². The number of rotatable bonds is 7. The van der Waals surface area contributed by atoms with E-state index in [1.54, 1.807) is 39.9 Å². The van der Waals surface area contributed by atoms with Crippen molar-refractivity contribution in [3.05, 3.63) is 53.4 Å². The van der Waals surface area contributed by atoms with Crippen LogP contribution < -0.4 is 16.4 Å². The van der Waals surface area contributed by atoms with E-state index >= 15 is 0 Å². The fourth-order valence-electron chi connectivity index (χ4n) is 5.15. The summed E-state index contributed by atoms with van der Waals surface area (Å²) in [5, 5.41) is 16.1. The van der Waals surface area contributed by atoms with Crippen LogP contribution in [0.25, 0.3) is 16.9 Å². The second kappa shape index (κ2) is 10.1. The quantitative estimate of drug-likeness (QED) is 0.314. The summed E-state index contributed by atoms with van der Waals surface area (Å²) in [6, 6.07) is 11.6. The van der Waals surface area contributed by atoms with Gasteiger partial charge in [-0.25, -0.2) is 17.9 Å². The number of fused-ring (bicyclic) bond motifs is 1. The molecule has 1 saturated heterocycles. The molecule has 0 amide bonds. The lowest BCUT2D eigenvalue weighted by Gasteiger charge is -2.27. The molecule has 0 radical (unpaired) electrons. The van der Waals surface area contributed by atoms with E-state index in [2.05, 4.69) is 27.1 Å². The molecular weight excluding hydrogens is 506 g/mol. The van der Waals surface area contributed by atoms with Crippen molar-refractivity contribution in [1.82, 2.24) is 18.9 Å². The molecule has 4 heterocycles. The molecule has 1 saturated carbocycles. The second-order valence-corrected chi connectivity index (χ2v) is 12.6. The number of hydrogen-bond acceptors (Lipinski definition) is 8. The minimum absolute atomic E-state index is 0.279. The molecule has 37 heavy (non-hydrogen) atoms. The SMILES string of the molecule is NC1CCC(Nc2cc(Nc3ccc(S(=O)(=O)N4CCCC4)cc3)c3ncc(-c4ccsc4)n3n2)CC1. The number of nitrogens with zero attached hydrogens (tertiary/aromatic N) is 4. The summed E-state index contributed by atoms with van der Waals surface area (Å²) in [7, 11) is -3.45. The maximum atomic E-state index is 12.9. The van der Waals surface area contributed by atoms with E-state index in [0.717, 1.165) is 67.0 Å². The maximum Gasteiger partial charge on any atom is 0.243 e. The van der Waals surface area contributed by atoms with Gasteiger partial charge in [-0.3, -0.25) is 0 Å².